The lowest BCUT2D eigenvalue weighted by molar-refractivity contribution is -0.128. The molecule has 0 saturated carbocycles. The molecule has 0 aliphatic carbocycles. The minimum Gasteiger partial charge on any atom is -0.469 e. The van der Waals surface area contributed by atoms with E-state index in [9.17, 15) is 9.59 Å². The Morgan fingerprint density at radius 1 is 1.21 bits per heavy atom. The van der Waals surface area contributed by atoms with Gasteiger partial charge in [0.15, 0.2) is 5.78 Å². The first-order chi connectivity index (χ1) is 13.2. The first kappa shape index (κ1) is 20.3. The summed E-state index contributed by atoms with van der Waals surface area (Å²) < 4.78 is 10.8. The second kappa shape index (κ2) is 8.32. The van der Waals surface area contributed by atoms with E-state index in [0.29, 0.717) is 28.3 Å². The molecular weight excluding hydrogens is 398 g/mol. The van der Waals surface area contributed by atoms with Crippen molar-refractivity contribution in [2.24, 2.45) is 5.41 Å². The molecule has 0 unspecified atom stereocenters. The average Bonchev–Trinajstić information content (AvgIpc) is 3.37. The predicted octanol–water partition coefficient (Wildman–Crippen LogP) is 4.34. The molecule has 148 valence electrons. The van der Waals surface area contributed by atoms with Crippen molar-refractivity contribution < 1.29 is 18.4 Å². The van der Waals surface area contributed by atoms with Crippen LogP contribution in [-0.4, -0.2) is 27.6 Å². The molecule has 1 N–H and O–H groups in total. The minimum absolute atomic E-state index is 0.0237. The number of aryl methyl sites for hydroxylation is 1. The molecule has 9 heteroatoms. The molecule has 3 rings (SSSR count). The standard InChI is InChI=1S/C19H21N3O4S2/c1-11-13(7-8-25-11)16-21-22-18(26-16)27-10-14(23)15-6-5-12(28-15)9-20-17(24)19(2,3)4/h5-8H,9-10H2,1-4H3,(H,20,24). The van der Waals surface area contributed by atoms with Crippen molar-refractivity contribution in [2.45, 2.75) is 39.5 Å². The number of aromatic nitrogens is 2. The maximum Gasteiger partial charge on any atom is 0.277 e. The van der Waals surface area contributed by atoms with E-state index in [1.807, 2.05) is 33.8 Å². The molecular formula is C19H21N3O4S2. The first-order valence-corrected chi connectivity index (χ1v) is 10.5. The Hall–Kier alpha value is -2.39. The van der Waals surface area contributed by atoms with Crippen molar-refractivity contribution >= 4 is 34.8 Å². The van der Waals surface area contributed by atoms with E-state index >= 15 is 0 Å². The van der Waals surface area contributed by atoms with Crippen LogP contribution in [0.15, 0.2) is 38.5 Å². The number of carbonyl (C=O) groups is 2. The van der Waals surface area contributed by atoms with E-state index in [1.165, 1.54) is 23.1 Å². The summed E-state index contributed by atoms with van der Waals surface area (Å²) in [4.78, 5) is 25.9. The van der Waals surface area contributed by atoms with Crippen molar-refractivity contribution in [1.29, 1.82) is 0 Å². The third-order valence-electron chi connectivity index (χ3n) is 3.86. The van der Waals surface area contributed by atoms with Crippen molar-refractivity contribution in [2.75, 3.05) is 5.75 Å². The molecule has 28 heavy (non-hydrogen) atoms. The molecule has 0 aliphatic rings. The monoisotopic (exact) mass is 419 g/mol. The van der Waals surface area contributed by atoms with Crippen LogP contribution in [0.5, 0.6) is 0 Å². The summed E-state index contributed by atoms with van der Waals surface area (Å²) in [5.74, 6) is 1.21. The van der Waals surface area contributed by atoms with E-state index in [4.69, 9.17) is 8.83 Å². The van der Waals surface area contributed by atoms with Crippen molar-refractivity contribution in [3.63, 3.8) is 0 Å². The van der Waals surface area contributed by atoms with Gasteiger partial charge in [-0.25, -0.2) is 0 Å². The number of carbonyl (C=O) groups excluding carboxylic acids is 2. The van der Waals surface area contributed by atoms with Gasteiger partial charge in [-0.3, -0.25) is 9.59 Å². The van der Waals surface area contributed by atoms with E-state index in [-0.39, 0.29) is 17.4 Å². The molecule has 3 heterocycles. The Morgan fingerprint density at radius 3 is 2.68 bits per heavy atom. The van der Waals surface area contributed by atoms with Crippen LogP contribution in [0.3, 0.4) is 0 Å². The number of nitrogens with zero attached hydrogens (tertiary/aromatic N) is 2. The molecule has 0 fully saturated rings. The molecule has 0 aliphatic heterocycles. The number of nitrogens with one attached hydrogen (secondary N) is 1. The predicted molar refractivity (Wildman–Crippen MR) is 107 cm³/mol. The number of furan rings is 1. The van der Waals surface area contributed by atoms with Gasteiger partial charge in [-0.05, 0) is 25.1 Å². The normalized spacial score (nSPS) is 11.6. The van der Waals surface area contributed by atoms with Crippen molar-refractivity contribution in [1.82, 2.24) is 15.5 Å². The second-order valence-electron chi connectivity index (χ2n) is 7.17. The molecule has 0 bridgehead atoms. The number of rotatable bonds is 7. The van der Waals surface area contributed by atoms with Crippen LogP contribution in [0.4, 0.5) is 0 Å². The van der Waals surface area contributed by atoms with Crippen LogP contribution >= 0.6 is 23.1 Å². The zero-order valence-electron chi connectivity index (χ0n) is 16.1. The third-order valence-corrected chi connectivity index (χ3v) is 5.81. The van der Waals surface area contributed by atoms with Gasteiger partial charge >= 0.3 is 0 Å². The molecule has 7 nitrogen and oxygen atoms in total. The quantitative estimate of drug-likeness (QED) is 0.449. The van der Waals surface area contributed by atoms with Gasteiger partial charge in [0, 0.05) is 10.3 Å². The molecule has 0 aromatic carbocycles. The van der Waals surface area contributed by atoms with Gasteiger partial charge in [0.1, 0.15) is 5.76 Å². The van der Waals surface area contributed by atoms with Gasteiger partial charge < -0.3 is 14.2 Å². The SMILES string of the molecule is Cc1occc1-c1nnc(SCC(=O)c2ccc(CNC(=O)C(C)(C)C)s2)o1. The Morgan fingerprint density at radius 2 is 2.00 bits per heavy atom. The molecule has 3 aromatic rings. The Kier molecular flexibility index (Phi) is 6.04. The summed E-state index contributed by atoms with van der Waals surface area (Å²) in [7, 11) is 0. The van der Waals surface area contributed by atoms with Crippen LogP contribution in [-0.2, 0) is 11.3 Å². The number of hydrogen-bond donors (Lipinski definition) is 1. The molecule has 0 atom stereocenters. The topological polar surface area (TPSA) is 98.2 Å². The Bertz CT molecular complexity index is 981. The largest absolute Gasteiger partial charge is 0.469 e. The fraction of sp³-hybridized carbons (Fsp3) is 0.368. The highest BCUT2D eigenvalue weighted by Crippen LogP contribution is 2.27. The highest BCUT2D eigenvalue weighted by atomic mass is 32.2. The summed E-state index contributed by atoms with van der Waals surface area (Å²) in [6.07, 6.45) is 1.56. The molecule has 0 radical (unpaired) electrons. The van der Waals surface area contributed by atoms with Crippen LogP contribution in [0, 0.1) is 12.3 Å². The van der Waals surface area contributed by atoms with Gasteiger partial charge in [-0.1, -0.05) is 32.5 Å². The second-order valence-corrected chi connectivity index (χ2v) is 9.27. The summed E-state index contributed by atoms with van der Waals surface area (Å²) in [6.45, 7) is 7.81. The fourth-order valence-electron chi connectivity index (χ4n) is 2.24. The first-order valence-electron chi connectivity index (χ1n) is 8.65. The molecule has 1 amide bonds. The summed E-state index contributed by atoms with van der Waals surface area (Å²) in [5.41, 5.74) is 0.302. The number of thiophene rings is 1. The summed E-state index contributed by atoms with van der Waals surface area (Å²) >= 11 is 2.57. The van der Waals surface area contributed by atoms with Gasteiger partial charge in [-0.15, -0.1) is 21.5 Å². The summed E-state index contributed by atoms with van der Waals surface area (Å²) in [6, 6.07) is 5.40. The highest BCUT2D eigenvalue weighted by Gasteiger charge is 2.21. The number of amides is 1. The van der Waals surface area contributed by atoms with Crippen LogP contribution in [0.25, 0.3) is 11.5 Å². The lowest BCUT2D eigenvalue weighted by atomic mass is 9.96. The zero-order valence-corrected chi connectivity index (χ0v) is 17.7. The van der Waals surface area contributed by atoms with E-state index in [0.717, 1.165) is 10.4 Å². The lowest BCUT2D eigenvalue weighted by Crippen LogP contribution is -2.34. The van der Waals surface area contributed by atoms with Gasteiger partial charge in [0.05, 0.1) is 29.0 Å². The van der Waals surface area contributed by atoms with Crippen LogP contribution in [0.2, 0.25) is 0 Å². The summed E-state index contributed by atoms with van der Waals surface area (Å²) in [5, 5.41) is 11.2. The molecule has 0 spiro atoms. The number of ketones is 1. The highest BCUT2D eigenvalue weighted by molar-refractivity contribution is 7.99. The zero-order chi connectivity index (χ0) is 20.3. The van der Waals surface area contributed by atoms with E-state index in [1.54, 1.807) is 18.4 Å². The van der Waals surface area contributed by atoms with E-state index < -0.39 is 5.41 Å². The number of hydrogen-bond acceptors (Lipinski definition) is 8. The van der Waals surface area contributed by atoms with Gasteiger partial charge in [0.25, 0.3) is 11.1 Å². The Labute approximate surface area is 170 Å². The average molecular weight is 420 g/mol. The number of Topliss-reactive ketones (excluding diaryl/α,β-unsaturated/α-hetero) is 1. The fourth-order valence-corrected chi connectivity index (χ4v) is 3.86. The smallest absolute Gasteiger partial charge is 0.277 e. The maximum absolute atomic E-state index is 12.4. The molecule has 3 aromatic heterocycles. The van der Waals surface area contributed by atoms with Crippen LogP contribution in [0.1, 0.15) is 41.1 Å². The van der Waals surface area contributed by atoms with Crippen molar-refractivity contribution in [3.8, 4) is 11.5 Å². The number of thioether (sulfide) groups is 1. The maximum atomic E-state index is 12.4. The van der Waals surface area contributed by atoms with Crippen LogP contribution < -0.4 is 5.32 Å². The lowest BCUT2D eigenvalue weighted by Gasteiger charge is -2.17. The van der Waals surface area contributed by atoms with Gasteiger partial charge in [-0.2, -0.15) is 0 Å². The van der Waals surface area contributed by atoms with Gasteiger partial charge in [0.2, 0.25) is 5.91 Å². The molecule has 0 saturated heterocycles. The Balaban J connectivity index is 1.53. The van der Waals surface area contributed by atoms with Crippen molar-refractivity contribution in [3.05, 3.63) is 40.0 Å². The minimum atomic E-state index is -0.440. The third kappa shape index (κ3) is 4.90. The van der Waals surface area contributed by atoms with E-state index in [2.05, 4.69) is 15.5 Å².